The lowest BCUT2D eigenvalue weighted by atomic mass is 9.90. The van der Waals surface area contributed by atoms with Gasteiger partial charge >= 0.3 is 0 Å². The van der Waals surface area contributed by atoms with Crippen molar-refractivity contribution in [3.05, 3.63) is 0 Å². The van der Waals surface area contributed by atoms with Crippen LogP contribution in [0.25, 0.3) is 0 Å². The van der Waals surface area contributed by atoms with Crippen LogP contribution in [0.15, 0.2) is 0 Å². The van der Waals surface area contributed by atoms with Crippen molar-refractivity contribution in [3.8, 4) is 0 Å². The first kappa shape index (κ1) is 14.3. The van der Waals surface area contributed by atoms with E-state index in [4.69, 9.17) is 4.74 Å². The summed E-state index contributed by atoms with van der Waals surface area (Å²) in [7, 11) is 4.40. The minimum absolute atomic E-state index is 0.373. The molecule has 0 bridgehead atoms. The van der Waals surface area contributed by atoms with Crippen molar-refractivity contribution in [3.63, 3.8) is 0 Å². The van der Waals surface area contributed by atoms with E-state index in [1.165, 1.54) is 25.9 Å². The molecule has 0 amide bonds. The molecule has 4 heteroatoms. The lowest BCUT2D eigenvalue weighted by Crippen LogP contribution is -2.48. The molecule has 0 aromatic carbocycles. The third-order valence-electron chi connectivity index (χ3n) is 4.48. The molecule has 0 saturated carbocycles. The second-order valence-corrected chi connectivity index (χ2v) is 6.09. The Balaban J connectivity index is 1.66. The summed E-state index contributed by atoms with van der Waals surface area (Å²) in [5, 5.41) is 3.69. The van der Waals surface area contributed by atoms with Crippen molar-refractivity contribution in [1.29, 1.82) is 0 Å². The molecule has 2 rings (SSSR count). The van der Waals surface area contributed by atoms with Gasteiger partial charge in [0, 0.05) is 25.7 Å². The van der Waals surface area contributed by atoms with E-state index in [1.807, 2.05) is 0 Å². The van der Waals surface area contributed by atoms with Crippen molar-refractivity contribution in [1.82, 2.24) is 15.1 Å². The van der Waals surface area contributed by atoms with E-state index in [1.54, 1.807) is 0 Å². The predicted octanol–water partition coefficient (Wildman–Crippen LogP) is 0.637. The van der Waals surface area contributed by atoms with Gasteiger partial charge in [0.2, 0.25) is 0 Å². The molecule has 0 aromatic heterocycles. The van der Waals surface area contributed by atoms with Crippen molar-refractivity contribution in [2.75, 3.05) is 53.4 Å². The third-order valence-corrected chi connectivity index (χ3v) is 4.48. The normalized spacial score (nSPS) is 30.5. The van der Waals surface area contributed by atoms with Crippen LogP contribution in [-0.4, -0.2) is 75.4 Å². The Morgan fingerprint density at radius 2 is 1.89 bits per heavy atom. The van der Waals surface area contributed by atoms with Gasteiger partial charge in [-0.25, -0.2) is 0 Å². The largest absolute Gasteiger partial charge is 0.374 e. The fraction of sp³-hybridized carbons (Fsp3) is 1.00. The number of hydrogen-bond donors (Lipinski definition) is 1. The Morgan fingerprint density at radius 1 is 1.17 bits per heavy atom. The summed E-state index contributed by atoms with van der Waals surface area (Å²) in [6.07, 6.45) is 3.03. The van der Waals surface area contributed by atoms with Gasteiger partial charge in [-0.15, -0.1) is 0 Å². The summed E-state index contributed by atoms with van der Waals surface area (Å²) < 4.78 is 5.79. The van der Waals surface area contributed by atoms with Gasteiger partial charge in [0.25, 0.3) is 0 Å². The van der Waals surface area contributed by atoms with Crippen LogP contribution >= 0.6 is 0 Å². The first-order valence-electron chi connectivity index (χ1n) is 7.37. The highest BCUT2D eigenvalue weighted by Crippen LogP contribution is 2.19. The molecule has 0 aromatic rings. The number of nitrogens with zero attached hydrogens (tertiary/aromatic N) is 2. The standard InChI is InChI=1S/C14H29N3O/c1-12(13-4-6-16(2)7-5-13)15-10-14-11-17(3)8-9-18-14/h12-15H,4-11H2,1-3H3. The Morgan fingerprint density at radius 3 is 2.56 bits per heavy atom. The number of rotatable bonds is 4. The highest BCUT2D eigenvalue weighted by Gasteiger charge is 2.24. The molecular weight excluding hydrogens is 226 g/mol. The fourth-order valence-corrected chi connectivity index (χ4v) is 3.00. The third kappa shape index (κ3) is 4.19. The molecule has 2 atom stereocenters. The number of ether oxygens (including phenoxy) is 1. The maximum absolute atomic E-state index is 5.79. The molecule has 2 aliphatic heterocycles. The fourth-order valence-electron chi connectivity index (χ4n) is 3.00. The Labute approximate surface area is 112 Å². The second kappa shape index (κ2) is 6.85. The molecular formula is C14H29N3O. The second-order valence-electron chi connectivity index (χ2n) is 6.09. The molecule has 0 spiro atoms. The van der Waals surface area contributed by atoms with Crippen LogP contribution in [0.2, 0.25) is 0 Å². The zero-order valence-corrected chi connectivity index (χ0v) is 12.2. The SMILES string of the molecule is CC(NCC1CN(C)CCO1)C1CCN(C)CC1. The molecule has 1 N–H and O–H groups in total. The topological polar surface area (TPSA) is 27.7 Å². The van der Waals surface area contributed by atoms with Crippen LogP contribution in [0.1, 0.15) is 19.8 Å². The number of morpholine rings is 1. The summed E-state index contributed by atoms with van der Waals surface area (Å²) in [5.74, 6) is 0.836. The van der Waals surface area contributed by atoms with Gasteiger partial charge in [-0.1, -0.05) is 0 Å². The van der Waals surface area contributed by atoms with Gasteiger partial charge in [-0.05, 0) is 52.9 Å². The van der Waals surface area contributed by atoms with E-state index in [0.717, 1.165) is 32.2 Å². The zero-order valence-electron chi connectivity index (χ0n) is 12.2. The van der Waals surface area contributed by atoms with E-state index in [2.05, 4.69) is 36.1 Å². The van der Waals surface area contributed by atoms with Gasteiger partial charge in [0.1, 0.15) is 0 Å². The minimum Gasteiger partial charge on any atom is -0.374 e. The van der Waals surface area contributed by atoms with Crippen molar-refractivity contribution < 1.29 is 4.74 Å². The predicted molar refractivity (Wildman–Crippen MR) is 74.9 cm³/mol. The van der Waals surface area contributed by atoms with Gasteiger partial charge in [-0.3, -0.25) is 0 Å². The first-order valence-corrected chi connectivity index (χ1v) is 7.37. The average molecular weight is 255 g/mol. The molecule has 2 aliphatic rings. The molecule has 2 fully saturated rings. The number of likely N-dealkylation sites (N-methyl/N-ethyl adjacent to an activating group) is 1. The average Bonchev–Trinajstić information content (AvgIpc) is 2.37. The lowest BCUT2D eigenvalue weighted by molar-refractivity contribution is -0.0202. The quantitative estimate of drug-likeness (QED) is 0.798. The van der Waals surface area contributed by atoms with Crippen molar-refractivity contribution in [2.24, 2.45) is 5.92 Å². The number of nitrogens with one attached hydrogen (secondary N) is 1. The number of piperidine rings is 1. The molecule has 2 saturated heterocycles. The van der Waals surface area contributed by atoms with Crippen LogP contribution in [0.3, 0.4) is 0 Å². The highest BCUT2D eigenvalue weighted by atomic mass is 16.5. The van der Waals surface area contributed by atoms with E-state index >= 15 is 0 Å². The van der Waals surface area contributed by atoms with Crippen LogP contribution in [0.4, 0.5) is 0 Å². The summed E-state index contributed by atoms with van der Waals surface area (Å²) >= 11 is 0. The van der Waals surface area contributed by atoms with Gasteiger partial charge in [-0.2, -0.15) is 0 Å². The van der Waals surface area contributed by atoms with Crippen LogP contribution < -0.4 is 5.32 Å². The molecule has 4 nitrogen and oxygen atoms in total. The Kier molecular flexibility index (Phi) is 5.42. The molecule has 0 radical (unpaired) electrons. The van der Waals surface area contributed by atoms with Gasteiger partial charge in [0.15, 0.2) is 0 Å². The Hall–Kier alpha value is -0.160. The molecule has 18 heavy (non-hydrogen) atoms. The van der Waals surface area contributed by atoms with Crippen molar-refractivity contribution in [2.45, 2.75) is 31.9 Å². The highest BCUT2D eigenvalue weighted by molar-refractivity contribution is 4.80. The minimum atomic E-state index is 0.373. The summed E-state index contributed by atoms with van der Waals surface area (Å²) in [4.78, 5) is 4.79. The summed E-state index contributed by atoms with van der Waals surface area (Å²) in [5.41, 5.74) is 0. The zero-order chi connectivity index (χ0) is 13.0. The smallest absolute Gasteiger partial charge is 0.0826 e. The maximum Gasteiger partial charge on any atom is 0.0826 e. The van der Waals surface area contributed by atoms with E-state index in [9.17, 15) is 0 Å². The van der Waals surface area contributed by atoms with Gasteiger partial charge < -0.3 is 19.9 Å². The van der Waals surface area contributed by atoms with E-state index in [0.29, 0.717) is 12.1 Å². The molecule has 106 valence electrons. The van der Waals surface area contributed by atoms with Crippen LogP contribution in [-0.2, 0) is 4.74 Å². The lowest BCUT2D eigenvalue weighted by Gasteiger charge is -2.35. The number of hydrogen-bond acceptors (Lipinski definition) is 4. The van der Waals surface area contributed by atoms with Gasteiger partial charge in [0.05, 0.1) is 12.7 Å². The van der Waals surface area contributed by atoms with Crippen molar-refractivity contribution >= 4 is 0 Å². The van der Waals surface area contributed by atoms with Crippen LogP contribution in [0.5, 0.6) is 0 Å². The summed E-state index contributed by atoms with van der Waals surface area (Å²) in [6, 6.07) is 0.620. The van der Waals surface area contributed by atoms with E-state index in [-0.39, 0.29) is 0 Å². The molecule has 0 aliphatic carbocycles. The first-order chi connectivity index (χ1) is 8.65. The Bertz CT molecular complexity index is 241. The monoisotopic (exact) mass is 255 g/mol. The van der Waals surface area contributed by atoms with Crippen LogP contribution in [0, 0.1) is 5.92 Å². The number of likely N-dealkylation sites (tertiary alicyclic amines) is 1. The van der Waals surface area contributed by atoms with E-state index < -0.39 is 0 Å². The molecule has 2 unspecified atom stereocenters. The summed E-state index contributed by atoms with van der Waals surface area (Å²) in [6.45, 7) is 8.85. The molecule has 2 heterocycles. The maximum atomic E-state index is 5.79.